The molecule has 2 aliphatic heterocycles. The molecule has 0 bridgehead atoms. The molecule has 5 heteroatoms. The largest absolute Gasteiger partial charge is 0.381 e. The maximum atomic E-state index is 5.59. The summed E-state index contributed by atoms with van der Waals surface area (Å²) in [4.78, 5) is 11.8. The molecule has 4 rings (SSSR count). The van der Waals surface area contributed by atoms with E-state index in [9.17, 15) is 0 Å². The van der Waals surface area contributed by atoms with Crippen molar-refractivity contribution in [1.82, 2.24) is 9.97 Å². The van der Waals surface area contributed by atoms with Crippen molar-refractivity contribution in [2.75, 3.05) is 31.8 Å². The fourth-order valence-electron chi connectivity index (χ4n) is 4.80. The van der Waals surface area contributed by atoms with Crippen molar-refractivity contribution in [1.29, 1.82) is 0 Å². The Hall–Kier alpha value is -1.20. The van der Waals surface area contributed by atoms with E-state index in [0.29, 0.717) is 18.1 Å². The van der Waals surface area contributed by atoms with Crippen LogP contribution < -0.4 is 4.90 Å². The Morgan fingerprint density at radius 2 is 2.09 bits per heavy atom. The highest BCUT2D eigenvalue weighted by atomic mass is 16.5. The molecule has 5 nitrogen and oxygen atoms in total. The molecule has 23 heavy (non-hydrogen) atoms. The third kappa shape index (κ3) is 2.64. The van der Waals surface area contributed by atoms with Crippen LogP contribution in [0.25, 0.3) is 0 Å². The summed E-state index contributed by atoms with van der Waals surface area (Å²) in [6.07, 6.45) is 6.56. The first-order valence-electron chi connectivity index (χ1n) is 8.90. The van der Waals surface area contributed by atoms with E-state index >= 15 is 0 Å². The molecule has 0 N–H and O–H groups in total. The van der Waals surface area contributed by atoms with E-state index in [1.165, 1.54) is 32.1 Å². The molecule has 0 radical (unpaired) electrons. The van der Waals surface area contributed by atoms with Gasteiger partial charge in [-0.3, -0.25) is 0 Å². The molecular formula is C18H27N3O2. The normalized spacial score (nSPS) is 26.9. The van der Waals surface area contributed by atoms with Gasteiger partial charge in [-0.25, -0.2) is 9.97 Å². The topological polar surface area (TPSA) is 47.5 Å². The van der Waals surface area contributed by atoms with Gasteiger partial charge in [-0.2, -0.15) is 0 Å². The zero-order valence-corrected chi connectivity index (χ0v) is 14.3. The van der Waals surface area contributed by atoms with Gasteiger partial charge in [0.25, 0.3) is 0 Å². The van der Waals surface area contributed by atoms with Crippen molar-refractivity contribution < 1.29 is 9.47 Å². The lowest BCUT2D eigenvalue weighted by atomic mass is 9.54. The van der Waals surface area contributed by atoms with Gasteiger partial charge in [0.05, 0.1) is 0 Å². The minimum atomic E-state index is 0.482. The standard InChI is InChI=1S/C18H27N3O2/c1-13-10-16(20-15(19-13)11-22-2)21-12-18(6-3-7-18)17(21)14-4-8-23-9-5-14/h10,14,17H,3-9,11-12H2,1-2H3/t17-/m0/s1. The molecule has 3 aliphatic rings. The number of hydrogen-bond acceptors (Lipinski definition) is 5. The molecular weight excluding hydrogens is 290 g/mol. The number of ether oxygens (including phenoxy) is 2. The van der Waals surface area contributed by atoms with Crippen LogP contribution in [0.3, 0.4) is 0 Å². The number of methoxy groups -OCH3 is 1. The molecule has 1 spiro atoms. The number of nitrogens with zero attached hydrogens (tertiary/aromatic N) is 3. The van der Waals surface area contributed by atoms with Crippen LogP contribution in [-0.2, 0) is 16.1 Å². The Balaban J connectivity index is 1.60. The summed E-state index contributed by atoms with van der Waals surface area (Å²) in [5.74, 6) is 2.64. The van der Waals surface area contributed by atoms with E-state index in [1.807, 2.05) is 6.92 Å². The van der Waals surface area contributed by atoms with E-state index in [1.54, 1.807) is 7.11 Å². The average molecular weight is 317 g/mol. The molecule has 1 atom stereocenters. The van der Waals surface area contributed by atoms with Gasteiger partial charge in [-0.15, -0.1) is 0 Å². The summed E-state index contributed by atoms with van der Waals surface area (Å²) in [5, 5.41) is 0. The Morgan fingerprint density at radius 3 is 2.74 bits per heavy atom. The quantitative estimate of drug-likeness (QED) is 0.854. The highest BCUT2D eigenvalue weighted by Gasteiger charge is 2.58. The molecule has 126 valence electrons. The van der Waals surface area contributed by atoms with Gasteiger partial charge in [0.2, 0.25) is 0 Å². The molecule has 2 saturated heterocycles. The lowest BCUT2D eigenvalue weighted by Crippen LogP contribution is -2.70. The van der Waals surface area contributed by atoms with Gasteiger partial charge in [-0.05, 0) is 38.5 Å². The van der Waals surface area contributed by atoms with Gasteiger partial charge in [0.1, 0.15) is 12.4 Å². The van der Waals surface area contributed by atoms with Gasteiger partial charge >= 0.3 is 0 Å². The third-order valence-electron chi connectivity index (χ3n) is 5.96. The molecule has 1 aliphatic carbocycles. The van der Waals surface area contributed by atoms with Crippen LogP contribution >= 0.6 is 0 Å². The number of hydrogen-bond donors (Lipinski definition) is 0. The summed E-state index contributed by atoms with van der Waals surface area (Å²) in [5.41, 5.74) is 1.59. The fourth-order valence-corrected chi connectivity index (χ4v) is 4.80. The molecule has 1 aromatic rings. The first kappa shape index (κ1) is 15.3. The van der Waals surface area contributed by atoms with Crippen molar-refractivity contribution in [3.63, 3.8) is 0 Å². The van der Waals surface area contributed by atoms with Crippen LogP contribution in [0, 0.1) is 18.3 Å². The van der Waals surface area contributed by atoms with E-state index in [4.69, 9.17) is 14.5 Å². The van der Waals surface area contributed by atoms with Gasteiger partial charge in [0.15, 0.2) is 5.82 Å². The smallest absolute Gasteiger partial charge is 0.156 e. The second-order valence-electron chi connectivity index (χ2n) is 7.46. The van der Waals surface area contributed by atoms with Crippen molar-refractivity contribution in [3.8, 4) is 0 Å². The van der Waals surface area contributed by atoms with Crippen molar-refractivity contribution >= 4 is 5.82 Å². The van der Waals surface area contributed by atoms with Crippen molar-refractivity contribution in [3.05, 3.63) is 17.6 Å². The monoisotopic (exact) mass is 317 g/mol. The molecule has 3 heterocycles. The zero-order chi connectivity index (χ0) is 15.9. The van der Waals surface area contributed by atoms with E-state index < -0.39 is 0 Å². The lowest BCUT2D eigenvalue weighted by Gasteiger charge is -2.65. The van der Waals surface area contributed by atoms with E-state index in [2.05, 4.69) is 16.0 Å². The maximum absolute atomic E-state index is 5.59. The molecule has 3 fully saturated rings. The van der Waals surface area contributed by atoms with E-state index in [0.717, 1.165) is 43.0 Å². The second kappa shape index (κ2) is 6.02. The van der Waals surface area contributed by atoms with Gasteiger partial charge in [-0.1, -0.05) is 6.42 Å². The van der Waals surface area contributed by atoms with Gasteiger partial charge in [0, 0.05) is 50.1 Å². The summed E-state index contributed by atoms with van der Waals surface area (Å²) < 4.78 is 10.8. The summed E-state index contributed by atoms with van der Waals surface area (Å²) in [7, 11) is 1.70. The summed E-state index contributed by atoms with van der Waals surface area (Å²) in [6.45, 7) is 5.53. The predicted molar refractivity (Wildman–Crippen MR) is 88.4 cm³/mol. The molecule has 0 amide bonds. The average Bonchev–Trinajstić information content (AvgIpc) is 2.46. The minimum Gasteiger partial charge on any atom is -0.381 e. The zero-order valence-electron chi connectivity index (χ0n) is 14.3. The van der Waals surface area contributed by atoms with Crippen LogP contribution in [0.1, 0.15) is 43.6 Å². The van der Waals surface area contributed by atoms with Crippen LogP contribution in [-0.4, -0.2) is 42.9 Å². The lowest BCUT2D eigenvalue weighted by molar-refractivity contribution is -0.0370. The third-order valence-corrected chi connectivity index (χ3v) is 5.96. The Kier molecular flexibility index (Phi) is 4.01. The van der Waals surface area contributed by atoms with Crippen LogP contribution in [0.15, 0.2) is 6.07 Å². The Bertz CT molecular complexity index is 567. The summed E-state index contributed by atoms with van der Waals surface area (Å²) >= 11 is 0. The number of anilines is 1. The fraction of sp³-hybridized carbons (Fsp3) is 0.778. The van der Waals surface area contributed by atoms with Crippen LogP contribution in [0.5, 0.6) is 0 Å². The maximum Gasteiger partial charge on any atom is 0.156 e. The highest BCUT2D eigenvalue weighted by Crippen LogP contribution is 2.57. The van der Waals surface area contributed by atoms with Crippen molar-refractivity contribution in [2.45, 2.75) is 51.7 Å². The van der Waals surface area contributed by atoms with Crippen LogP contribution in [0.2, 0.25) is 0 Å². The second-order valence-corrected chi connectivity index (χ2v) is 7.46. The minimum absolute atomic E-state index is 0.482. The van der Waals surface area contributed by atoms with Gasteiger partial charge < -0.3 is 14.4 Å². The SMILES string of the molecule is COCc1nc(C)cc(N2CC3(CCC3)[C@@H]2C2CCOCC2)n1. The van der Waals surface area contributed by atoms with E-state index in [-0.39, 0.29) is 0 Å². The first-order chi connectivity index (χ1) is 11.2. The molecule has 1 saturated carbocycles. The number of rotatable bonds is 4. The number of aryl methyl sites for hydroxylation is 1. The molecule has 0 unspecified atom stereocenters. The highest BCUT2D eigenvalue weighted by molar-refractivity contribution is 5.48. The van der Waals surface area contributed by atoms with Crippen LogP contribution in [0.4, 0.5) is 5.82 Å². The Morgan fingerprint density at radius 1 is 1.30 bits per heavy atom. The summed E-state index contributed by atoms with van der Waals surface area (Å²) in [6, 6.07) is 2.78. The predicted octanol–water partition coefficient (Wildman–Crippen LogP) is 2.72. The molecule has 0 aromatic carbocycles. The Labute approximate surface area is 138 Å². The molecule has 1 aromatic heterocycles. The first-order valence-corrected chi connectivity index (χ1v) is 8.90. The van der Waals surface area contributed by atoms with Crippen molar-refractivity contribution in [2.24, 2.45) is 11.3 Å². The number of aromatic nitrogens is 2.